The minimum Gasteiger partial charge on any atom is -0.463 e. The van der Waals surface area contributed by atoms with Crippen molar-refractivity contribution >= 4 is 28.2 Å². The maximum atomic E-state index is 14.7. The van der Waals surface area contributed by atoms with Gasteiger partial charge in [-0.25, -0.2) is 9.37 Å². The van der Waals surface area contributed by atoms with Crippen molar-refractivity contribution in [2.75, 3.05) is 38.1 Å². The molecule has 206 valence electrons. The number of carbonyl (C=O) groups excluding carboxylic acids is 1. The second-order valence-electron chi connectivity index (χ2n) is 11.1. The van der Waals surface area contributed by atoms with Gasteiger partial charge in [0, 0.05) is 79.4 Å². The van der Waals surface area contributed by atoms with Crippen LogP contribution in [0.4, 0.5) is 10.1 Å². The lowest BCUT2D eigenvalue weighted by Crippen LogP contribution is -2.53. The van der Waals surface area contributed by atoms with Gasteiger partial charge in [0.25, 0.3) is 0 Å². The lowest BCUT2D eigenvalue weighted by Gasteiger charge is -2.40. The quantitative estimate of drug-likeness (QED) is 0.443. The van der Waals surface area contributed by atoms with Crippen molar-refractivity contribution < 1.29 is 13.9 Å². The number of nitrogens with one attached hydrogen (secondary N) is 3. The van der Waals surface area contributed by atoms with Gasteiger partial charge in [-0.3, -0.25) is 9.48 Å². The molecular formula is C28H35FN8O2. The van der Waals surface area contributed by atoms with E-state index in [0.717, 1.165) is 43.9 Å². The fourth-order valence-electron chi connectivity index (χ4n) is 5.98. The van der Waals surface area contributed by atoms with Crippen molar-refractivity contribution in [1.29, 1.82) is 0 Å². The first-order chi connectivity index (χ1) is 18.8. The molecule has 39 heavy (non-hydrogen) atoms. The zero-order valence-electron chi connectivity index (χ0n) is 22.6. The van der Waals surface area contributed by atoms with Crippen molar-refractivity contribution in [3.05, 3.63) is 47.7 Å². The van der Waals surface area contributed by atoms with E-state index in [2.05, 4.69) is 50.9 Å². The molecule has 3 N–H and O–H groups in total. The Hall–Kier alpha value is -3.57. The molecule has 11 heteroatoms. The Balaban J connectivity index is 1.29. The Morgan fingerprint density at radius 3 is 2.85 bits per heavy atom. The van der Waals surface area contributed by atoms with Crippen LogP contribution in [-0.4, -0.2) is 75.4 Å². The molecule has 10 nitrogen and oxygen atoms in total. The maximum absolute atomic E-state index is 14.7. The molecule has 0 saturated carbocycles. The summed E-state index contributed by atoms with van der Waals surface area (Å²) in [6.45, 7) is 8.48. The summed E-state index contributed by atoms with van der Waals surface area (Å²) in [6, 6.07) is 4.00. The third-order valence-corrected chi connectivity index (χ3v) is 7.72. The number of piperazine rings is 1. The standard InChI is InChI=1S/C28H35FN8O2/c1-16-12-37(13-17(2)32-16)24-5-4-21(26-22(24)11-31-28(34-26)39-15-18-6-7-30-10-18)27(38)33-20-8-19-14-36(3)35-25(19)23(29)9-20/h5,8-9,11,14,16-18,21,30,32H,4,6-7,10,12-13,15H2,1-3H3,(H,33,38)/t16-,17-,18+,21?/m0/s1. The molecule has 3 aliphatic rings. The van der Waals surface area contributed by atoms with Crippen LogP contribution in [0.1, 0.15) is 43.9 Å². The number of aryl methyl sites for hydroxylation is 1. The summed E-state index contributed by atoms with van der Waals surface area (Å²) in [5.41, 5.74) is 3.19. The fraction of sp³-hybridized carbons (Fsp3) is 0.500. The van der Waals surface area contributed by atoms with Crippen molar-refractivity contribution in [2.24, 2.45) is 13.0 Å². The van der Waals surface area contributed by atoms with E-state index in [4.69, 9.17) is 9.72 Å². The van der Waals surface area contributed by atoms with Gasteiger partial charge in [-0.05, 0) is 45.4 Å². The lowest BCUT2D eigenvalue weighted by atomic mass is 9.88. The Kier molecular flexibility index (Phi) is 6.94. The van der Waals surface area contributed by atoms with Crippen LogP contribution in [0, 0.1) is 11.7 Å². The Bertz CT molecular complexity index is 1410. The third-order valence-electron chi connectivity index (χ3n) is 7.72. The number of carbonyl (C=O) groups is 1. The molecule has 2 saturated heterocycles. The van der Waals surface area contributed by atoms with Crippen molar-refractivity contribution in [3.63, 3.8) is 0 Å². The number of anilines is 1. The van der Waals surface area contributed by atoms with Crippen molar-refractivity contribution in [2.45, 2.75) is 44.7 Å². The predicted molar refractivity (Wildman–Crippen MR) is 147 cm³/mol. The largest absolute Gasteiger partial charge is 0.463 e. The van der Waals surface area contributed by atoms with Crippen molar-refractivity contribution in [3.8, 4) is 6.01 Å². The average molecular weight is 535 g/mol. The number of ether oxygens (including phenoxy) is 1. The van der Waals surface area contributed by atoms with Crippen LogP contribution in [0.2, 0.25) is 0 Å². The molecule has 0 radical (unpaired) electrons. The predicted octanol–water partition coefficient (Wildman–Crippen LogP) is 2.64. The minimum atomic E-state index is -0.562. The minimum absolute atomic E-state index is 0.249. The van der Waals surface area contributed by atoms with Gasteiger partial charge in [0.05, 0.1) is 18.2 Å². The molecule has 2 fully saturated rings. The highest BCUT2D eigenvalue weighted by atomic mass is 19.1. The Morgan fingerprint density at radius 1 is 1.26 bits per heavy atom. The van der Waals surface area contributed by atoms with Crippen LogP contribution in [0.15, 0.2) is 30.6 Å². The van der Waals surface area contributed by atoms with Crippen molar-refractivity contribution in [1.82, 2.24) is 35.3 Å². The first-order valence-corrected chi connectivity index (χ1v) is 13.7. The molecule has 3 aromatic rings. The van der Waals surface area contributed by atoms with Gasteiger partial charge in [-0.2, -0.15) is 10.1 Å². The maximum Gasteiger partial charge on any atom is 0.316 e. The van der Waals surface area contributed by atoms with Crippen LogP contribution in [0.3, 0.4) is 0 Å². The van der Waals surface area contributed by atoms with Gasteiger partial charge in [0.2, 0.25) is 5.91 Å². The molecule has 1 amide bonds. The van der Waals surface area contributed by atoms with Gasteiger partial charge >= 0.3 is 6.01 Å². The molecule has 1 aromatic carbocycles. The highest BCUT2D eigenvalue weighted by molar-refractivity contribution is 5.99. The SMILES string of the molecule is C[C@H]1CN(C2=CCC(C(=O)Nc3cc(F)c4nn(C)cc4c3)c3nc(OC[C@@H]4CCNC4)ncc32)C[C@H](C)N1. The summed E-state index contributed by atoms with van der Waals surface area (Å²) in [4.78, 5) is 25.3. The van der Waals surface area contributed by atoms with Crippen LogP contribution >= 0.6 is 0 Å². The van der Waals surface area contributed by atoms with Gasteiger partial charge in [0.1, 0.15) is 5.52 Å². The van der Waals surface area contributed by atoms with E-state index in [1.807, 2.05) is 0 Å². The van der Waals surface area contributed by atoms with Crippen LogP contribution in [0.25, 0.3) is 16.6 Å². The van der Waals surface area contributed by atoms with E-state index in [9.17, 15) is 9.18 Å². The molecule has 4 atom stereocenters. The summed E-state index contributed by atoms with van der Waals surface area (Å²) in [6.07, 6.45) is 7.15. The normalized spacial score (nSPS) is 24.9. The summed E-state index contributed by atoms with van der Waals surface area (Å²) >= 11 is 0. The van der Waals surface area contributed by atoms with Crippen LogP contribution in [-0.2, 0) is 11.8 Å². The zero-order valence-corrected chi connectivity index (χ0v) is 22.6. The van der Waals surface area contributed by atoms with E-state index >= 15 is 0 Å². The number of nitrogens with zero attached hydrogens (tertiary/aromatic N) is 5. The number of hydrogen-bond donors (Lipinski definition) is 3. The van der Waals surface area contributed by atoms with Gasteiger partial charge in [-0.15, -0.1) is 0 Å². The molecule has 0 bridgehead atoms. The van der Waals surface area contributed by atoms with Crippen LogP contribution in [0.5, 0.6) is 6.01 Å². The van der Waals surface area contributed by atoms with Crippen LogP contribution < -0.4 is 20.7 Å². The molecular weight excluding hydrogens is 499 g/mol. The highest BCUT2D eigenvalue weighted by Crippen LogP contribution is 2.37. The first kappa shape index (κ1) is 25.7. The second-order valence-corrected chi connectivity index (χ2v) is 11.1. The number of benzene rings is 1. The average Bonchev–Trinajstić information content (AvgIpc) is 3.55. The summed E-state index contributed by atoms with van der Waals surface area (Å²) in [5.74, 6) is -0.871. The fourth-order valence-corrected chi connectivity index (χ4v) is 5.98. The smallest absolute Gasteiger partial charge is 0.316 e. The number of fused-ring (bicyclic) bond motifs is 2. The second kappa shape index (κ2) is 10.5. The Morgan fingerprint density at radius 2 is 2.08 bits per heavy atom. The van der Waals surface area contributed by atoms with Gasteiger partial charge in [-0.1, -0.05) is 6.08 Å². The first-order valence-electron chi connectivity index (χ1n) is 13.7. The molecule has 1 aliphatic carbocycles. The molecule has 1 unspecified atom stereocenters. The topological polar surface area (TPSA) is 109 Å². The summed E-state index contributed by atoms with van der Waals surface area (Å²) < 4.78 is 22.2. The number of aromatic nitrogens is 4. The molecule has 4 heterocycles. The number of rotatable bonds is 6. The Labute approximate surface area is 227 Å². The monoisotopic (exact) mass is 534 g/mol. The van der Waals surface area contributed by atoms with E-state index in [1.165, 1.54) is 6.07 Å². The summed E-state index contributed by atoms with van der Waals surface area (Å²) in [5, 5.41) is 14.6. The molecule has 0 spiro atoms. The highest BCUT2D eigenvalue weighted by Gasteiger charge is 2.34. The van der Waals surface area contributed by atoms with E-state index in [1.54, 1.807) is 30.2 Å². The number of allylic oxidation sites excluding steroid dienone is 1. The molecule has 6 rings (SSSR count). The summed E-state index contributed by atoms with van der Waals surface area (Å²) in [7, 11) is 1.74. The lowest BCUT2D eigenvalue weighted by molar-refractivity contribution is -0.117. The number of halogens is 1. The third kappa shape index (κ3) is 5.33. The molecule has 2 aliphatic heterocycles. The number of amides is 1. The van der Waals surface area contributed by atoms with E-state index < -0.39 is 11.7 Å². The molecule has 2 aromatic heterocycles. The zero-order chi connectivity index (χ0) is 27.1. The van der Waals surface area contributed by atoms with Gasteiger partial charge in [0.15, 0.2) is 5.82 Å². The van der Waals surface area contributed by atoms with Gasteiger partial charge < -0.3 is 25.6 Å². The van der Waals surface area contributed by atoms with E-state index in [-0.39, 0.29) is 17.4 Å². The van der Waals surface area contributed by atoms with E-state index in [0.29, 0.717) is 47.8 Å². The number of hydrogen-bond acceptors (Lipinski definition) is 8.